The van der Waals surface area contributed by atoms with Crippen LogP contribution in [-0.4, -0.2) is 43.4 Å². The van der Waals surface area contributed by atoms with Crippen molar-refractivity contribution in [2.45, 2.75) is 20.4 Å². The van der Waals surface area contributed by atoms with Crippen LogP contribution < -0.4 is 0 Å². The van der Waals surface area contributed by atoms with Gasteiger partial charge < -0.3 is 4.90 Å². The predicted molar refractivity (Wildman–Crippen MR) is 70.9 cm³/mol. The Hall–Kier alpha value is -1.35. The topological polar surface area (TPSA) is 23.6 Å². The largest absolute Gasteiger partial charge is 0.348 e. The van der Waals surface area contributed by atoms with Crippen LogP contribution in [0.25, 0.3) is 0 Å². The third-order valence-corrected chi connectivity index (χ3v) is 2.85. The van der Waals surface area contributed by atoms with Crippen molar-refractivity contribution in [1.29, 1.82) is 0 Å². The smallest absolute Gasteiger partial charge is 0.236 e. The van der Waals surface area contributed by atoms with Gasteiger partial charge in [-0.2, -0.15) is 0 Å². The monoisotopic (exact) mass is 234 g/mol. The predicted octanol–water partition coefficient (Wildman–Crippen LogP) is 1.82. The molecular weight excluding hydrogens is 212 g/mol. The van der Waals surface area contributed by atoms with Gasteiger partial charge in [0.2, 0.25) is 5.91 Å². The number of hydrogen-bond acceptors (Lipinski definition) is 2. The zero-order valence-corrected chi connectivity index (χ0v) is 11.4. The highest BCUT2D eigenvalue weighted by atomic mass is 16.2. The Balaban J connectivity index is 2.64. The SMILES string of the molecule is Cc1ccc(C)c(CN(C)CC(=O)N(C)C)c1. The maximum atomic E-state index is 11.6. The van der Waals surface area contributed by atoms with E-state index in [4.69, 9.17) is 0 Å². The van der Waals surface area contributed by atoms with Crippen LogP contribution in [0, 0.1) is 13.8 Å². The summed E-state index contributed by atoms with van der Waals surface area (Å²) < 4.78 is 0. The van der Waals surface area contributed by atoms with Gasteiger partial charge >= 0.3 is 0 Å². The van der Waals surface area contributed by atoms with E-state index in [0.717, 1.165) is 6.54 Å². The Morgan fingerprint density at radius 1 is 1.18 bits per heavy atom. The second-order valence-corrected chi connectivity index (χ2v) is 4.89. The van der Waals surface area contributed by atoms with Crippen molar-refractivity contribution in [3.63, 3.8) is 0 Å². The normalized spacial score (nSPS) is 10.7. The summed E-state index contributed by atoms with van der Waals surface area (Å²) in [5.41, 5.74) is 3.83. The minimum Gasteiger partial charge on any atom is -0.348 e. The first-order valence-corrected chi connectivity index (χ1v) is 5.85. The Bertz CT molecular complexity index is 399. The molecule has 1 aromatic carbocycles. The van der Waals surface area contributed by atoms with E-state index in [1.54, 1.807) is 19.0 Å². The number of benzene rings is 1. The highest BCUT2D eigenvalue weighted by Gasteiger charge is 2.09. The molecule has 1 amide bonds. The van der Waals surface area contributed by atoms with Crippen LogP contribution >= 0.6 is 0 Å². The fraction of sp³-hybridized carbons (Fsp3) is 0.500. The van der Waals surface area contributed by atoms with Gasteiger partial charge in [0.15, 0.2) is 0 Å². The van der Waals surface area contributed by atoms with Gasteiger partial charge in [-0.15, -0.1) is 0 Å². The Morgan fingerprint density at radius 3 is 2.41 bits per heavy atom. The molecule has 0 saturated heterocycles. The molecule has 0 saturated carbocycles. The number of nitrogens with zero attached hydrogens (tertiary/aromatic N) is 2. The quantitative estimate of drug-likeness (QED) is 0.793. The molecule has 3 nitrogen and oxygen atoms in total. The molecule has 0 fully saturated rings. The van der Waals surface area contributed by atoms with Gasteiger partial charge in [0.1, 0.15) is 0 Å². The van der Waals surface area contributed by atoms with Crippen molar-refractivity contribution in [2.24, 2.45) is 0 Å². The van der Waals surface area contributed by atoms with E-state index in [1.807, 2.05) is 11.9 Å². The first kappa shape index (κ1) is 13.7. The van der Waals surface area contributed by atoms with Crippen LogP contribution in [0.5, 0.6) is 0 Å². The average Bonchev–Trinajstić information content (AvgIpc) is 2.23. The molecule has 0 unspecified atom stereocenters. The van der Waals surface area contributed by atoms with E-state index in [2.05, 4.69) is 32.0 Å². The van der Waals surface area contributed by atoms with E-state index in [0.29, 0.717) is 6.54 Å². The lowest BCUT2D eigenvalue weighted by Gasteiger charge is -2.20. The molecule has 0 bridgehead atoms. The van der Waals surface area contributed by atoms with E-state index in [-0.39, 0.29) is 5.91 Å². The molecule has 1 aromatic rings. The zero-order valence-electron chi connectivity index (χ0n) is 11.4. The minimum absolute atomic E-state index is 0.137. The van der Waals surface area contributed by atoms with Gasteiger partial charge in [-0.1, -0.05) is 23.8 Å². The summed E-state index contributed by atoms with van der Waals surface area (Å²) in [6, 6.07) is 6.43. The molecule has 1 rings (SSSR count). The number of carbonyl (C=O) groups excluding carboxylic acids is 1. The van der Waals surface area contributed by atoms with Gasteiger partial charge in [-0.25, -0.2) is 0 Å². The summed E-state index contributed by atoms with van der Waals surface area (Å²) in [5, 5.41) is 0. The fourth-order valence-electron chi connectivity index (χ4n) is 1.69. The van der Waals surface area contributed by atoms with Gasteiger partial charge in [0.25, 0.3) is 0 Å². The lowest BCUT2D eigenvalue weighted by atomic mass is 10.1. The van der Waals surface area contributed by atoms with Gasteiger partial charge in [0.05, 0.1) is 6.54 Å². The number of rotatable bonds is 4. The summed E-state index contributed by atoms with van der Waals surface area (Å²) in [7, 11) is 5.55. The first-order valence-electron chi connectivity index (χ1n) is 5.85. The maximum Gasteiger partial charge on any atom is 0.236 e. The Kier molecular flexibility index (Phi) is 4.70. The van der Waals surface area contributed by atoms with E-state index in [9.17, 15) is 4.79 Å². The summed E-state index contributed by atoms with van der Waals surface area (Å²) in [6.07, 6.45) is 0. The standard InChI is InChI=1S/C14H22N2O/c1-11-6-7-12(2)13(8-11)9-16(5)10-14(17)15(3)4/h6-8H,9-10H2,1-5H3. The molecule has 0 aromatic heterocycles. The van der Waals surface area contributed by atoms with Crippen LogP contribution in [-0.2, 0) is 11.3 Å². The molecule has 3 heteroatoms. The van der Waals surface area contributed by atoms with Crippen molar-refractivity contribution in [3.05, 3.63) is 34.9 Å². The van der Waals surface area contributed by atoms with Gasteiger partial charge in [-0.3, -0.25) is 9.69 Å². The second kappa shape index (κ2) is 5.82. The molecule has 0 aliphatic rings. The summed E-state index contributed by atoms with van der Waals surface area (Å²) in [6.45, 7) is 5.47. The summed E-state index contributed by atoms with van der Waals surface area (Å²) in [4.78, 5) is 15.2. The molecule has 0 heterocycles. The number of carbonyl (C=O) groups is 1. The summed E-state index contributed by atoms with van der Waals surface area (Å²) >= 11 is 0. The number of amides is 1. The van der Waals surface area contributed by atoms with Crippen molar-refractivity contribution >= 4 is 5.91 Å². The van der Waals surface area contributed by atoms with E-state index < -0.39 is 0 Å². The third-order valence-electron chi connectivity index (χ3n) is 2.85. The molecule has 0 spiro atoms. The maximum absolute atomic E-state index is 11.6. The van der Waals surface area contributed by atoms with Gasteiger partial charge in [-0.05, 0) is 32.0 Å². The van der Waals surface area contributed by atoms with Crippen molar-refractivity contribution < 1.29 is 4.79 Å². The molecule has 0 N–H and O–H groups in total. The lowest BCUT2D eigenvalue weighted by Crippen LogP contribution is -2.34. The average molecular weight is 234 g/mol. The molecule has 0 aliphatic carbocycles. The van der Waals surface area contributed by atoms with Gasteiger partial charge in [0, 0.05) is 20.6 Å². The highest BCUT2D eigenvalue weighted by Crippen LogP contribution is 2.12. The Morgan fingerprint density at radius 2 is 1.82 bits per heavy atom. The van der Waals surface area contributed by atoms with Crippen molar-refractivity contribution in [1.82, 2.24) is 9.80 Å². The minimum atomic E-state index is 0.137. The molecule has 0 radical (unpaired) electrons. The number of hydrogen-bond donors (Lipinski definition) is 0. The van der Waals surface area contributed by atoms with Crippen LogP contribution in [0.3, 0.4) is 0 Å². The van der Waals surface area contributed by atoms with Crippen LogP contribution in [0.1, 0.15) is 16.7 Å². The fourth-order valence-corrected chi connectivity index (χ4v) is 1.69. The number of likely N-dealkylation sites (N-methyl/N-ethyl adjacent to an activating group) is 2. The first-order chi connectivity index (χ1) is 7.90. The summed E-state index contributed by atoms with van der Waals surface area (Å²) in [5.74, 6) is 0.137. The van der Waals surface area contributed by atoms with E-state index in [1.165, 1.54) is 16.7 Å². The lowest BCUT2D eigenvalue weighted by molar-refractivity contribution is -0.129. The van der Waals surface area contributed by atoms with Crippen LogP contribution in [0.2, 0.25) is 0 Å². The van der Waals surface area contributed by atoms with Crippen molar-refractivity contribution in [3.8, 4) is 0 Å². The molecule has 0 atom stereocenters. The molecule has 17 heavy (non-hydrogen) atoms. The number of aryl methyl sites for hydroxylation is 2. The third kappa shape index (κ3) is 4.19. The Labute approximate surface area is 104 Å². The molecule has 94 valence electrons. The molecule has 0 aliphatic heterocycles. The van der Waals surface area contributed by atoms with E-state index >= 15 is 0 Å². The van der Waals surface area contributed by atoms with Crippen LogP contribution in [0.4, 0.5) is 0 Å². The van der Waals surface area contributed by atoms with Crippen molar-refractivity contribution in [2.75, 3.05) is 27.7 Å². The van der Waals surface area contributed by atoms with Crippen LogP contribution in [0.15, 0.2) is 18.2 Å². The highest BCUT2D eigenvalue weighted by molar-refractivity contribution is 5.77. The molecular formula is C14H22N2O. The zero-order chi connectivity index (χ0) is 13.0. The second-order valence-electron chi connectivity index (χ2n) is 4.89.